The number of rotatable bonds is 7. The summed E-state index contributed by atoms with van der Waals surface area (Å²) in [5.41, 5.74) is 2.99. The van der Waals surface area contributed by atoms with Crippen molar-refractivity contribution in [3.63, 3.8) is 0 Å². The summed E-state index contributed by atoms with van der Waals surface area (Å²) >= 11 is 1.22. The second-order valence-corrected chi connectivity index (χ2v) is 11.8. The maximum atomic E-state index is 12.6. The largest absolute Gasteiger partial charge is 0.496 e. The van der Waals surface area contributed by atoms with Crippen LogP contribution >= 0.6 is 11.8 Å². The van der Waals surface area contributed by atoms with E-state index in [9.17, 15) is 18.0 Å². The topological polar surface area (TPSA) is 114 Å². The van der Waals surface area contributed by atoms with Crippen LogP contribution in [0.25, 0.3) is 16.8 Å². The number of ether oxygens (including phenoxy) is 1. The first-order chi connectivity index (χ1) is 19.2. The van der Waals surface area contributed by atoms with Gasteiger partial charge in [-0.2, -0.15) is 4.99 Å². The van der Waals surface area contributed by atoms with Crippen molar-refractivity contribution in [3.8, 4) is 5.75 Å². The van der Waals surface area contributed by atoms with E-state index < -0.39 is 15.9 Å². The Morgan fingerprint density at radius 2 is 1.63 bits per heavy atom. The van der Waals surface area contributed by atoms with Gasteiger partial charge in [0.25, 0.3) is 15.9 Å². The van der Waals surface area contributed by atoms with E-state index in [1.54, 1.807) is 49.6 Å². The molecule has 5 rings (SSSR count). The van der Waals surface area contributed by atoms with E-state index in [-0.39, 0.29) is 46.8 Å². The molecule has 0 aromatic heterocycles. The third kappa shape index (κ3) is 7.46. The summed E-state index contributed by atoms with van der Waals surface area (Å²) in [6, 6.07) is 25.0. The van der Waals surface area contributed by atoms with E-state index in [0.29, 0.717) is 27.1 Å². The van der Waals surface area contributed by atoms with E-state index in [0.717, 1.165) is 21.9 Å². The molecule has 2 amide bonds. The number of aryl methyl sites for hydroxylation is 1. The first-order valence-electron chi connectivity index (χ1n) is 12.3. The van der Waals surface area contributed by atoms with Crippen LogP contribution < -0.4 is 14.8 Å². The van der Waals surface area contributed by atoms with Crippen molar-refractivity contribution >= 4 is 90.9 Å². The Morgan fingerprint density at radius 3 is 2.29 bits per heavy atom. The van der Waals surface area contributed by atoms with Gasteiger partial charge in [0.2, 0.25) is 5.91 Å². The monoisotopic (exact) mass is 594 g/mol. The summed E-state index contributed by atoms with van der Waals surface area (Å²) in [4.78, 5) is 29.6. The molecule has 0 bridgehead atoms. The van der Waals surface area contributed by atoms with Crippen LogP contribution in [0.4, 0.5) is 5.69 Å². The van der Waals surface area contributed by atoms with Crippen LogP contribution in [0.3, 0.4) is 0 Å². The third-order valence-electron chi connectivity index (χ3n) is 6.15. The zero-order valence-electron chi connectivity index (χ0n) is 22.7. The summed E-state index contributed by atoms with van der Waals surface area (Å²) in [6.45, 7) is 1.85. The van der Waals surface area contributed by atoms with Gasteiger partial charge in [0.05, 0.1) is 23.3 Å². The van der Waals surface area contributed by atoms with E-state index in [1.165, 1.54) is 23.9 Å². The molecule has 0 saturated carbocycles. The molecule has 0 saturated heterocycles. The molecule has 11 heteroatoms. The molecule has 0 fully saturated rings. The molecule has 0 aliphatic carbocycles. The molecule has 0 atom stereocenters. The quantitative estimate of drug-likeness (QED) is 0.231. The van der Waals surface area contributed by atoms with Gasteiger partial charge < -0.3 is 10.1 Å². The number of fused-ring (bicyclic) bond motifs is 1. The molecular formula is C30H25N3NaO5S2. The van der Waals surface area contributed by atoms with Crippen LogP contribution in [-0.4, -0.2) is 62.1 Å². The molecular weight excluding hydrogens is 569 g/mol. The number of hydrogen-bond donors (Lipinski definition) is 2. The molecule has 4 aromatic rings. The van der Waals surface area contributed by atoms with Gasteiger partial charge in [-0.15, -0.1) is 0 Å². The van der Waals surface area contributed by atoms with E-state index in [1.807, 2.05) is 43.3 Å². The second kappa shape index (κ2) is 13.1. The fourth-order valence-corrected chi connectivity index (χ4v) is 5.92. The fourth-order valence-electron chi connectivity index (χ4n) is 4.11. The first-order valence-corrected chi connectivity index (χ1v) is 14.6. The summed E-state index contributed by atoms with van der Waals surface area (Å²) in [5.74, 6) is -0.334. The smallest absolute Gasteiger partial charge is 0.286 e. The maximum Gasteiger partial charge on any atom is 0.286 e. The van der Waals surface area contributed by atoms with Crippen molar-refractivity contribution in [3.05, 3.63) is 107 Å². The molecule has 41 heavy (non-hydrogen) atoms. The van der Waals surface area contributed by atoms with Crippen molar-refractivity contribution in [1.29, 1.82) is 0 Å². The minimum atomic E-state index is -3.94. The van der Waals surface area contributed by atoms with E-state index in [2.05, 4.69) is 15.0 Å². The number of amides is 2. The summed E-state index contributed by atoms with van der Waals surface area (Å²) in [6.07, 6.45) is 1.66. The first kappa shape index (κ1) is 30.5. The number of aliphatic imine (C=N–C) groups is 1. The Bertz CT molecular complexity index is 1790. The standard InChI is InChI=1S/C30H25N3O5S2.Na/c1-19-7-13-25(14-8-19)40(36,37)33-28(34)15-20-9-11-24(12-10-20)31-30-32-29(35)27(39-30)18-23-16-21-5-3-4-6-22(21)17-26(23)38-2;/h3-14,16-18H,15H2,1-2H3,(H,33,34)(H,31,32,35);. The van der Waals surface area contributed by atoms with Crippen LogP contribution in [0, 0.1) is 6.92 Å². The van der Waals surface area contributed by atoms with Crippen molar-refractivity contribution < 1.29 is 22.7 Å². The van der Waals surface area contributed by atoms with Gasteiger partial charge in [-0.1, -0.05) is 54.1 Å². The molecule has 8 nitrogen and oxygen atoms in total. The number of benzene rings is 4. The van der Waals surface area contributed by atoms with Gasteiger partial charge >= 0.3 is 0 Å². The Hall–Kier alpha value is -3.41. The van der Waals surface area contributed by atoms with Crippen molar-refractivity contribution in [1.82, 2.24) is 4.72 Å². The van der Waals surface area contributed by atoms with Crippen molar-refractivity contribution in [2.45, 2.75) is 18.2 Å². The van der Waals surface area contributed by atoms with Gasteiger partial charge in [-0.3, -0.25) is 9.59 Å². The zero-order chi connectivity index (χ0) is 28.3. The number of amidine groups is 1. The van der Waals surface area contributed by atoms with Crippen LogP contribution in [-0.2, 0) is 26.0 Å². The Balaban J connectivity index is 0.00000387. The minimum absolute atomic E-state index is 0. The number of nitrogens with one attached hydrogen (secondary N) is 2. The molecule has 0 spiro atoms. The number of hydrogen-bond acceptors (Lipinski definition) is 7. The molecule has 203 valence electrons. The van der Waals surface area contributed by atoms with Gasteiger partial charge in [0, 0.05) is 40.8 Å². The Labute approximate surface area is 264 Å². The fraction of sp³-hybridized carbons (Fsp3) is 0.100. The predicted octanol–water partition coefficient (Wildman–Crippen LogP) is 4.91. The predicted molar refractivity (Wildman–Crippen MR) is 165 cm³/mol. The maximum absolute atomic E-state index is 12.6. The van der Waals surface area contributed by atoms with Gasteiger partial charge in [-0.05, 0) is 77.5 Å². The van der Waals surface area contributed by atoms with Gasteiger partial charge in [-0.25, -0.2) is 13.1 Å². The molecule has 2 N–H and O–H groups in total. The molecule has 1 heterocycles. The summed E-state index contributed by atoms with van der Waals surface area (Å²) in [7, 11) is -2.35. The van der Waals surface area contributed by atoms with Crippen molar-refractivity contribution in [2.24, 2.45) is 4.99 Å². The number of nitrogens with zero attached hydrogens (tertiary/aromatic N) is 1. The average Bonchev–Trinajstić information content (AvgIpc) is 3.27. The third-order valence-corrected chi connectivity index (χ3v) is 8.44. The Morgan fingerprint density at radius 1 is 0.976 bits per heavy atom. The normalized spacial score (nSPS) is 14.0. The summed E-state index contributed by atoms with van der Waals surface area (Å²) in [5, 5.41) is 5.61. The number of anilines is 1. The molecule has 1 aliphatic heterocycles. The average molecular weight is 595 g/mol. The number of carbonyl (C=O) groups excluding carboxylic acids is 2. The number of methoxy groups -OCH3 is 1. The minimum Gasteiger partial charge on any atom is -0.496 e. The SMILES string of the molecule is COc1cc2ccccc2cc1C=C1SC(Nc2ccc(CC(=O)NS(=O)(=O)c3ccc(C)cc3)cc2)=NC1=O.[Na]. The van der Waals surface area contributed by atoms with E-state index in [4.69, 9.17) is 4.74 Å². The van der Waals surface area contributed by atoms with Gasteiger partial charge in [0.15, 0.2) is 5.17 Å². The van der Waals surface area contributed by atoms with Crippen LogP contribution in [0.5, 0.6) is 5.75 Å². The van der Waals surface area contributed by atoms with Crippen molar-refractivity contribution in [2.75, 3.05) is 12.4 Å². The van der Waals surface area contributed by atoms with Crippen LogP contribution in [0.15, 0.2) is 99.7 Å². The summed E-state index contributed by atoms with van der Waals surface area (Å²) < 4.78 is 32.6. The number of carbonyl (C=O) groups is 2. The number of sulfonamides is 1. The molecule has 1 radical (unpaired) electrons. The molecule has 1 aliphatic rings. The zero-order valence-corrected chi connectivity index (χ0v) is 26.3. The molecule has 4 aromatic carbocycles. The van der Waals surface area contributed by atoms with Crippen LogP contribution in [0.2, 0.25) is 0 Å². The van der Waals surface area contributed by atoms with Crippen LogP contribution in [0.1, 0.15) is 16.7 Å². The Kier molecular flexibility index (Phi) is 9.72. The second-order valence-electron chi connectivity index (χ2n) is 9.11. The molecule has 0 unspecified atom stereocenters. The van der Waals surface area contributed by atoms with E-state index >= 15 is 0 Å². The number of thioether (sulfide) groups is 1. The van der Waals surface area contributed by atoms with Gasteiger partial charge in [0.1, 0.15) is 5.75 Å².